The van der Waals surface area contributed by atoms with E-state index in [1.165, 1.54) is 25.7 Å². The van der Waals surface area contributed by atoms with Gasteiger partial charge < -0.3 is 10.4 Å². The maximum atomic E-state index is 11.9. The van der Waals surface area contributed by atoms with Gasteiger partial charge in [0.1, 0.15) is 6.04 Å². The molecule has 0 unspecified atom stereocenters. The summed E-state index contributed by atoms with van der Waals surface area (Å²) in [4.78, 5) is 23.2. The van der Waals surface area contributed by atoms with Crippen molar-refractivity contribution < 1.29 is 14.7 Å². The Morgan fingerprint density at radius 1 is 1.00 bits per heavy atom. The van der Waals surface area contributed by atoms with Gasteiger partial charge in [-0.15, -0.1) is 0 Å². The van der Waals surface area contributed by atoms with Crippen LogP contribution < -0.4 is 5.32 Å². The second-order valence-corrected chi connectivity index (χ2v) is 6.02. The van der Waals surface area contributed by atoms with E-state index in [-0.39, 0.29) is 35.5 Å². The molecule has 129 valence electrons. The molecule has 0 aliphatic carbocycles. The second kappa shape index (κ2) is 14.5. The van der Waals surface area contributed by atoms with Crippen LogP contribution in [0.3, 0.4) is 0 Å². The third-order valence-electron chi connectivity index (χ3n) is 3.92. The quantitative estimate of drug-likeness (QED) is 0.451. The van der Waals surface area contributed by atoms with E-state index in [1.54, 1.807) is 0 Å². The topological polar surface area (TPSA) is 66.4 Å². The molecule has 5 heteroatoms. The van der Waals surface area contributed by atoms with E-state index in [0.29, 0.717) is 12.8 Å². The van der Waals surface area contributed by atoms with Gasteiger partial charge in [-0.3, -0.25) is 4.79 Å². The molecular formula is C19H29NNaO3. The third kappa shape index (κ3) is 10.8. The minimum Gasteiger partial charge on any atom is -0.480 e. The van der Waals surface area contributed by atoms with Crippen molar-refractivity contribution in [1.82, 2.24) is 5.32 Å². The molecule has 0 heterocycles. The number of carbonyl (C=O) groups excluding carboxylic acids is 1. The minimum absolute atomic E-state index is 0. The first-order valence-electron chi connectivity index (χ1n) is 8.69. The largest absolute Gasteiger partial charge is 0.480 e. The van der Waals surface area contributed by atoms with Crippen molar-refractivity contribution in [2.24, 2.45) is 0 Å². The summed E-state index contributed by atoms with van der Waals surface area (Å²) in [5, 5.41) is 11.9. The minimum atomic E-state index is -0.984. The molecule has 0 fully saturated rings. The van der Waals surface area contributed by atoms with Crippen LogP contribution in [0.5, 0.6) is 0 Å². The fraction of sp³-hybridized carbons (Fsp3) is 0.579. The van der Waals surface area contributed by atoms with Crippen molar-refractivity contribution in [3.63, 3.8) is 0 Å². The van der Waals surface area contributed by atoms with E-state index in [9.17, 15) is 14.7 Å². The summed E-state index contributed by atoms with van der Waals surface area (Å²) in [6.07, 6.45) is 8.75. The number of hydrogen-bond acceptors (Lipinski definition) is 2. The normalized spacial score (nSPS) is 11.4. The number of benzene rings is 1. The first kappa shape index (κ1) is 23.2. The molecule has 0 aliphatic rings. The Balaban J connectivity index is 0.00000529. The Kier molecular flexibility index (Phi) is 14.0. The van der Waals surface area contributed by atoms with Crippen LogP contribution >= 0.6 is 0 Å². The summed E-state index contributed by atoms with van der Waals surface area (Å²) in [7, 11) is 0. The molecular weight excluding hydrogens is 313 g/mol. The summed E-state index contributed by atoms with van der Waals surface area (Å²) in [5.41, 5.74) is 0.913. The predicted molar refractivity (Wildman–Crippen MR) is 98.1 cm³/mol. The molecule has 1 aromatic rings. The van der Waals surface area contributed by atoms with Crippen LogP contribution in [-0.4, -0.2) is 52.6 Å². The van der Waals surface area contributed by atoms with Gasteiger partial charge in [0, 0.05) is 42.4 Å². The van der Waals surface area contributed by atoms with Crippen LogP contribution in [0, 0.1) is 0 Å². The van der Waals surface area contributed by atoms with Crippen molar-refractivity contribution in [3.8, 4) is 0 Å². The van der Waals surface area contributed by atoms with Crippen molar-refractivity contribution in [2.45, 2.75) is 70.8 Å². The number of carboxylic acid groups (broad SMARTS) is 1. The molecule has 0 spiro atoms. The van der Waals surface area contributed by atoms with Gasteiger partial charge in [0.2, 0.25) is 5.91 Å². The maximum absolute atomic E-state index is 11.9. The number of nitrogens with one attached hydrogen (secondary N) is 1. The van der Waals surface area contributed by atoms with Crippen molar-refractivity contribution >= 4 is 41.4 Å². The van der Waals surface area contributed by atoms with E-state index < -0.39 is 12.0 Å². The Morgan fingerprint density at radius 3 is 2.17 bits per heavy atom. The molecule has 0 saturated carbocycles. The molecule has 1 rings (SSSR count). The Morgan fingerprint density at radius 2 is 1.58 bits per heavy atom. The molecule has 4 nitrogen and oxygen atoms in total. The summed E-state index contributed by atoms with van der Waals surface area (Å²) in [6.45, 7) is 2.19. The van der Waals surface area contributed by atoms with E-state index in [4.69, 9.17) is 0 Å². The van der Waals surface area contributed by atoms with Crippen molar-refractivity contribution in [3.05, 3.63) is 35.9 Å². The standard InChI is InChI=1S/C19H29NO3.Na/c1-2-3-4-5-6-7-11-14-18(21)20-17(19(22)23)15-16-12-9-8-10-13-16;/h8-10,12-13,17H,2-7,11,14-15H2,1H3,(H,20,21)(H,22,23);/t17-;/m0./s1. The number of aliphatic carboxylic acids is 1. The zero-order chi connectivity index (χ0) is 16.9. The number of carbonyl (C=O) groups is 2. The average Bonchev–Trinajstić information content (AvgIpc) is 2.54. The SMILES string of the molecule is CCCCCCCCCC(=O)N[C@@H](Cc1ccccc1)C(=O)O.[Na]. The van der Waals surface area contributed by atoms with Gasteiger partial charge in [-0.25, -0.2) is 4.79 Å². The van der Waals surface area contributed by atoms with Gasteiger partial charge in [-0.1, -0.05) is 75.8 Å². The predicted octanol–water partition coefficient (Wildman–Crippen LogP) is 3.56. The van der Waals surface area contributed by atoms with Gasteiger partial charge in [-0.2, -0.15) is 0 Å². The number of unbranched alkanes of at least 4 members (excludes halogenated alkanes) is 6. The molecule has 24 heavy (non-hydrogen) atoms. The molecule has 0 aromatic heterocycles. The van der Waals surface area contributed by atoms with E-state index in [0.717, 1.165) is 24.8 Å². The summed E-state index contributed by atoms with van der Waals surface area (Å²) in [6, 6.07) is 8.52. The smallest absolute Gasteiger partial charge is 0.326 e. The second-order valence-electron chi connectivity index (χ2n) is 6.02. The third-order valence-corrected chi connectivity index (χ3v) is 3.92. The molecule has 0 saturated heterocycles. The van der Waals surface area contributed by atoms with Gasteiger partial charge >= 0.3 is 5.97 Å². The zero-order valence-corrected chi connectivity index (χ0v) is 17.1. The van der Waals surface area contributed by atoms with Crippen LogP contribution in [-0.2, 0) is 16.0 Å². The monoisotopic (exact) mass is 342 g/mol. The Labute approximate surface area is 167 Å². The summed E-state index contributed by atoms with van der Waals surface area (Å²) >= 11 is 0. The van der Waals surface area contributed by atoms with Crippen molar-refractivity contribution in [1.29, 1.82) is 0 Å². The number of carboxylic acids is 1. The fourth-order valence-corrected chi connectivity index (χ4v) is 2.56. The van der Waals surface area contributed by atoms with Gasteiger partial charge in [0.05, 0.1) is 0 Å². The van der Waals surface area contributed by atoms with E-state index in [2.05, 4.69) is 12.2 Å². The first-order chi connectivity index (χ1) is 11.1. The maximum Gasteiger partial charge on any atom is 0.326 e. The number of hydrogen-bond donors (Lipinski definition) is 2. The van der Waals surface area contributed by atoms with Gasteiger partial charge in [0.15, 0.2) is 0 Å². The molecule has 0 aliphatic heterocycles. The van der Waals surface area contributed by atoms with E-state index in [1.807, 2.05) is 30.3 Å². The average molecular weight is 342 g/mol. The van der Waals surface area contributed by atoms with Crippen LogP contribution in [0.4, 0.5) is 0 Å². The Bertz CT molecular complexity index is 465. The Hall–Kier alpha value is -0.840. The molecule has 0 bridgehead atoms. The summed E-state index contributed by atoms with van der Waals surface area (Å²) < 4.78 is 0. The van der Waals surface area contributed by atoms with Crippen LogP contribution in [0.15, 0.2) is 30.3 Å². The number of rotatable bonds is 12. The van der Waals surface area contributed by atoms with Crippen molar-refractivity contribution in [2.75, 3.05) is 0 Å². The van der Waals surface area contributed by atoms with Gasteiger partial charge in [0.25, 0.3) is 0 Å². The van der Waals surface area contributed by atoms with Crippen LogP contribution in [0.1, 0.15) is 63.9 Å². The number of amides is 1. The molecule has 2 N–H and O–H groups in total. The zero-order valence-electron chi connectivity index (χ0n) is 15.1. The fourth-order valence-electron chi connectivity index (χ4n) is 2.56. The van der Waals surface area contributed by atoms with Crippen LogP contribution in [0.25, 0.3) is 0 Å². The molecule has 1 aromatic carbocycles. The summed E-state index contributed by atoms with van der Waals surface area (Å²) in [5.74, 6) is -1.15. The molecule has 1 atom stereocenters. The van der Waals surface area contributed by atoms with E-state index >= 15 is 0 Å². The van der Waals surface area contributed by atoms with Crippen LogP contribution in [0.2, 0.25) is 0 Å². The van der Waals surface area contributed by atoms with Gasteiger partial charge in [-0.05, 0) is 12.0 Å². The molecule has 1 radical (unpaired) electrons. The first-order valence-corrected chi connectivity index (χ1v) is 8.69. The molecule has 1 amide bonds.